The van der Waals surface area contributed by atoms with Crippen LogP contribution in [0, 0.1) is 0 Å². The normalized spacial score (nSPS) is 11.2. The number of para-hydroxylation sites is 1. The molecule has 0 spiro atoms. The molecule has 2 aromatic carbocycles. The van der Waals surface area contributed by atoms with Crippen molar-refractivity contribution < 1.29 is 18.0 Å². The Labute approximate surface area is 143 Å². The Morgan fingerprint density at radius 1 is 1.17 bits per heavy atom. The number of anilines is 2. The van der Waals surface area contributed by atoms with Crippen molar-refractivity contribution in [2.24, 2.45) is 0 Å². The first-order valence-electron chi connectivity index (χ1n) is 7.21. The number of nitrogens with one attached hydrogen (secondary N) is 1. The van der Waals surface area contributed by atoms with Crippen molar-refractivity contribution in [3.05, 3.63) is 59.1 Å². The third-order valence-electron chi connectivity index (χ3n) is 3.46. The molecule has 0 unspecified atom stereocenters. The van der Waals surface area contributed by atoms with Crippen LogP contribution >= 0.6 is 11.6 Å². The van der Waals surface area contributed by atoms with Crippen molar-refractivity contribution in [3.8, 4) is 0 Å². The SMILES string of the molecule is CN(C(=O)CCNc1ccc(Cl)c(C(F)(F)F)c1)c1ccccc1. The van der Waals surface area contributed by atoms with E-state index < -0.39 is 11.7 Å². The Kier molecular flexibility index (Phi) is 5.72. The van der Waals surface area contributed by atoms with E-state index in [0.717, 1.165) is 11.8 Å². The van der Waals surface area contributed by atoms with Crippen LogP contribution in [0.3, 0.4) is 0 Å². The summed E-state index contributed by atoms with van der Waals surface area (Å²) in [7, 11) is 1.65. The van der Waals surface area contributed by atoms with Gasteiger partial charge in [-0.3, -0.25) is 4.79 Å². The quantitative estimate of drug-likeness (QED) is 0.832. The summed E-state index contributed by atoms with van der Waals surface area (Å²) in [5.41, 5.74) is 0.122. The lowest BCUT2D eigenvalue weighted by atomic mass is 10.2. The molecule has 1 amide bonds. The van der Waals surface area contributed by atoms with E-state index >= 15 is 0 Å². The van der Waals surface area contributed by atoms with Crippen LogP contribution in [0.25, 0.3) is 0 Å². The van der Waals surface area contributed by atoms with Crippen LogP contribution in [0.4, 0.5) is 24.5 Å². The number of carbonyl (C=O) groups excluding carboxylic acids is 1. The van der Waals surface area contributed by atoms with Crippen LogP contribution in [-0.2, 0) is 11.0 Å². The molecule has 0 aliphatic rings. The molecular weight excluding hydrogens is 341 g/mol. The Balaban J connectivity index is 1.94. The maximum absolute atomic E-state index is 12.8. The average molecular weight is 357 g/mol. The first-order valence-corrected chi connectivity index (χ1v) is 7.59. The van der Waals surface area contributed by atoms with Crippen molar-refractivity contribution in [1.29, 1.82) is 0 Å². The van der Waals surface area contributed by atoms with Crippen LogP contribution in [0.2, 0.25) is 5.02 Å². The van der Waals surface area contributed by atoms with Gasteiger partial charge in [0.2, 0.25) is 5.91 Å². The molecule has 0 radical (unpaired) electrons. The summed E-state index contributed by atoms with van der Waals surface area (Å²) in [6.07, 6.45) is -4.37. The van der Waals surface area contributed by atoms with E-state index in [9.17, 15) is 18.0 Å². The van der Waals surface area contributed by atoms with Gasteiger partial charge < -0.3 is 10.2 Å². The van der Waals surface area contributed by atoms with E-state index in [2.05, 4.69) is 5.32 Å². The van der Waals surface area contributed by atoms with Crippen LogP contribution in [0.1, 0.15) is 12.0 Å². The van der Waals surface area contributed by atoms with Gasteiger partial charge in [0.1, 0.15) is 0 Å². The van der Waals surface area contributed by atoms with E-state index in [-0.39, 0.29) is 29.6 Å². The molecule has 0 fully saturated rings. The zero-order valence-electron chi connectivity index (χ0n) is 12.9. The van der Waals surface area contributed by atoms with Gasteiger partial charge in [-0.1, -0.05) is 29.8 Å². The summed E-state index contributed by atoms with van der Waals surface area (Å²) in [6.45, 7) is 0.217. The molecular formula is C17H16ClF3N2O. The second kappa shape index (κ2) is 7.57. The average Bonchev–Trinajstić information content (AvgIpc) is 2.55. The maximum atomic E-state index is 12.8. The number of nitrogens with zero attached hydrogens (tertiary/aromatic N) is 1. The Bertz CT molecular complexity index is 705. The van der Waals surface area contributed by atoms with E-state index in [1.165, 1.54) is 17.0 Å². The fourth-order valence-corrected chi connectivity index (χ4v) is 2.35. The molecule has 128 valence electrons. The molecule has 0 aromatic heterocycles. The van der Waals surface area contributed by atoms with Crippen LogP contribution in [0.5, 0.6) is 0 Å². The van der Waals surface area contributed by atoms with Gasteiger partial charge in [0.25, 0.3) is 0 Å². The minimum atomic E-state index is -4.52. The van der Waals surface area contributed by atoms with Crippen molar-refractivity contribution in [2.75, 3.05) is 23.8 Å². The molecule has 0 aliphatic carbocycles. The van der Waals surface area contributed by atoms with Crippen LogP contribution < -0.4 is 10.2 Å². The van der Waals surface area contributed by atoms with Gasteiger partial charge in [-0.05, 0) is 30.3 Å². The number of hydrogen-bond acceptors (Lipinski definition) is 2. The van der Waals surface area contributed by atoms with Gasteiger partial charge in [-0.15, -0.1) is 0 Å². The largest absolute Gasteiger partial charge is 0.417 e. The zero-order chi connectivity index (χ0) is 17.7. The standard InChI is InChI=1S/C17H16ClF3N2O/c1-23(13-5-3-2-4-6-13)16(24)9-10-22-12-7-8-15(18)14(11-12)17(19,20)21/h2-8,11,22H,9-10H2,1H3. The summed E-state index contributed by atoms with van der Waals surface area (Å²) >= 11 is 5.57. The van der Waals surface area contributed by atoms with Crippen LogP contribution in [0.15, 0.2) is 48.5 Å². The van der Waals surface area contributed by atoms with E-state index in [1.54, 1.807) is 19.2 Å². The summed E-state index contributed by atoms with van der Waals surface area (Å²) in [4.78, 5) is 13.6. The molecule has 1 N–H and O–H groups in total. The molecule has 0 heterocycles. The summed E-state index contributed by atoms with van der Waals surface area (Å²) in [5.74, 6) is -0.140. The molecule has 0 saturated heterocycles. The Morgan fingerprint density at radius 3 is 2.46 bits per heavy atom. The number of alkyl halides is 3. The fraction of sp³-hybridized carbons (Fsp3) is 0.235. The predicted molar refractivity (Wildman–Crippen MR) is 89.4 cm³/mol. The van der Waals surface area contributed by atoms with Gasteiger partial charge in [0.05, 0.1) is 10.6 Å². The second-order valence-corrected chi connectivity index (χ2v) is 5.56. The van der Waals surface area contributed by atoms with Gasteiger partial charge in [-0.2, -0.15) is 13.2 Å². The van der Waals surface area contributed by atoms with E-state index in [0.29, 0.717) is 0 Å². The van der Waals surface area contributed by atoms with Crippen molar-refractivity contribution in [1.82, 2.24) is 0 Å². The van der Waals surface area contributed by atoms with Crippen molar-refractivity contribution in [2.45, 2.75) is 12.6 Å². The van der Waals surface area contributed by atoms with E-state index in [1.807, 2.05) is 18.2 Å². The summed E-state index contributed by atoms with van der Waals surface area (Å²) < 4.78 is 38.4. The second-order valence-electron chi connectivity index (χ2n) is 5.16. The van der Waals surface area contributed by atoms with Gasteiger partial charge in [0, 0.05) is 31.4 Å². The van der Waals surface area contributed by atoms with Gasteiger partial charge >= 0.3 is 6.18 Å². The first kappa shape index (κ1) is 18.1. The number of halogens is 4. The third-order valence-corrected chi connectivity index (χ3v) is 3.79. The van der Waals surface area contributed by atoms with Crippen LogP contribution in [-0.4, -0.2) is 19.5 Å². The molecule has 0 atom stereocenters. The Morgan fingerprint density at radius 2 is 1.83 bits per heavy atom. The highest BCUT2D eigenvalue weighted by Gasteiger charge is 2.33. The zero-order valence-corrected chi connectivity index (χ0v) is 13.7. The van der Waals surface area contributed by atoms with Crippen molar-refractivity contribution in [3.63, 3.8) is 0 Å². The highest BCUT2D eigenvalue weighted by molar-refractivity contribution is 6.31. The minimum absolute atomic E-state index is 0.140. The van der Waals surface area contributed by atoms with Gasteiger partial charge in [-0.25, -0.2) is 0 Å². The molecule has 0 aliphatic heterocycles. The number of carbonyl (C=O) groups is 1. The summed E-state index contributed by atoms with van der Waals surface area (Å²) in [5, 5.41) is 2.46. The lowest BCUT2D eigenvalue weighted by Gasteiger charge is -2.18. The lowest BCUT2D eigenvalue weighted by molar-refractivity contribution is -0.137. The smallest absolute Gasteiger partial charge is 0.385 e. The third kappa shape index (κ3) is 4.64. The number of hydrogen-bond donors (Lipinski definition) is 1. The topological polar surface area (TPSA) is 32.3 Å². The highest BCUT2D eigenvalue weighted by atomic mass is 35.5. The lowest BCUT2D eigenvalue weighted by Crippen LogP contribution is -2.27. The number of amides is 1. The molecule has 0 saturated carbocycles. The first-order chi connectivity index (χ1) is 11.3. The summed E-state index contributed by atoms with van der Waals surface area (Å²) in [6, 6.07) is 12.7. The predicted octanol–water partition coefficient (Wildman–Crippen LogP) is 4.82. The molecule has 0 bridgehead atoms. The molecule has 2 aromatic rings. The molecule has 24 heavy (non-hydrogen) atoms. The number of benzene rings is 2. The molecule has 3 nitrogen and oxygen atoms in total. The highest BCUT2D eigenvalue weighted by Crippen LogP contribution is 2.36. The van der Waals surface area contributed by atoms with Crippen molar-refractivity contribution >= 4 is 28.9 Å². The number of rotatable bonds is 5. The molecule has 7 heteroatoms. The maximum Gasteiger partial charge on any atom is 0.417 e. The Hall–Kier alpha value is -2.21. The monoisotopic (exact) mass is 356 g/mol. The van der Waals surface area contributed by atoms with E-state index in [4.69, 9.17) is 11.6 Å². The fourth-order valence-electron chi connectivity index (χ4n) is 2.13. The minimum Gasteiger partial charge on any atom is -0.385 e. The molecule has 2 rings (SSSR count). The van der Waals surface area contributed by atoms with Gasteiger partial charge in [0.15, 0.2) is 0 Å².